The number of nitrogens with zero attached hydrogens (tertiary/aromatic N) is 1. The van der Waals surface area contributed by atoms with Crippen LogP contribution < -0.4 is 5.32 Å². The first kappa shape index (κ1) is 17.4. The van der Waals surface area contributed by atoms with Crippen molar-refractivity contribution in [1.82, 2.24) is 10.2 Å². The summed E-state index contributed by atoms with van der Waals surface area (Å²) in [6.45, 7) is 13.2. The molecule has 0 radical (unpaired) electrons. The van der Waals surface area contributed by atoms with E-state index in [-0.39, 0.29) is 29.9 Å². The highest BCUT2D eigenvalue weighted by Gasteiger charge is 2.32. The van der Waals surface area contributed by atoms with Gasteiger partial charge in [0.15, 0.2) is 0 Å². The molecule has 1 fully saturated rings. The van der Waals surface area contributed by atoms with E-state index in [0.717, 1.165) is 32.5 Å². The number of hydrogen-bond acceptors (Lipinski definition) is 3. The van der Waals surface area contributed by atoms with Crippen LogP contribution in [0.1, 0.15) is 47.5 Å². The zero-order chi connectivity index (χ0) is 15.3. The van der Waals surface area contributed by atoms with Crippen molar-refractivity contribution in [1.29, 1.82) is 0 Å². The number of aliphatic hydroxyl groups excluding tert-OH is 1. The van der Waals surface area contributed by atoms with Gasteiger partial charge in [0.1, 0.15) is 0 Å². The largest absolute Gasteiger partial charge is 0.393 e. The average Bonchev–Trinajstić information content (AvgIpc) is 2.36. The van der Waals surface area contributed by atoms with Crippen molar-refractivity contribution in [2.45, 2.75) is 59.6 Å². The minimum absolute atomic E-state index is 0.0185. The number of carbonyl (C=O) groups excluding carboxylic acids is 1. The van der Waals surface area contributed by atoms with Gasteiger partial charge in [0.25, 0.3) is 0 Å². The smallest absolute Gasteiger partial charge is 0.222 e. The molecule has 1 aliphatic heterocycles. The van der Waals surface area contributed by atoms with Gasteiger partial charge in [-0.05, 0) is 24.7 Å². The molecule has 0 bridgehead atoms. The quantitative estimate of drug-likeness (QED) is 0.783. The Morgan fingerprint density at radius 1 is 1.30 bits per heavy atom. The molecule has 1 amide bonds. The molecule has 2 N–H and O–H groups in total. The van der Waals surface area contributed by atoms with Crippen LogP contribution in [0, 0.1) is 17.8 Å². The minimum Gasteiger partial charge on any atom is -0.393 e. The maximum Gasteiger partial charge on any atom is 0.222 e. The van der Waals surface area contributed by atoms with Crippen LogP contribution in [0.4, 0.5) is 0 Å². The van der Waals surface area contributed by atoms with Gasteiger partial charge in [0.2, 0.25) is 5.91 Å². The Labute approximate surface area is 123 Å². The van der Waals surface area contributed by atoms with Crippen LogP contribution in [0.15, 0.2) is 0 Å². The molecule has 0 aromatic rings. The lowest BCUT2D eigenvalue weighted by atomic mass is 9.87. The Morgan fingerprint density at radius 3 is 2.45 bits per heavy atom. The van der Waals surface area contributed by atoms with Crippen molar-refractivity contribution in [3.8, 4) is 0 Å². The van der Waals surface area contributed by atoms with E-state index in [4.69, 9.17) is 0 Å². The fourth-order valence-corrected chi connectivity index (χ4v) is 2.98. The lowest BCUT2D eigenvalue weighted by Gasteiger charge is -2.40. The van der Waals surface area contributed by atoms with Gasteiger partial charge in [-0.15, -0.1) is 0 Å². The Hall–Kier alpha value is -0.610. The lowest BCUT2D eigenvalue weighted by Crippen LogP contribution is -2.54. The second-order valence-electron chi connectivity index (χ2n) is 6.94. The molecule has 0 aliphatic carbocycles. The Bertz CT molecular complexity index is 305. The van der Waals surface area contributed by atoms with Crippen molar-refractivity contribution in [2.24, 2.45) is 17.8 Å². The molecule has 4 heteroatoms. The third kappa shape index (κ3) is 5.41. The van der Waals surface area contributed by atoms with Crippen molar-refractivity contribution in [2.75, 3.05) is 19.6 Å². The van der Waals surface area contributed by atoms with Crippen LogP contribution in [0.3, 0.4) is 0 Å². The molecular weight excluding hydrogens is 252 g/mol. The molecule has 1 heterocycles. The Balaban J connectivity index is 2.66. The fraction of sp³-hybridized carbons (Fsp3) is 0.938. The second-order valence-corrected chi connectivity index (χ2v) is 6.94. The summed E-state index contributed by atoms with van der Waals surface area (Å²) in [5.41, 5.74) is 0. The number of nitrogens with one attached hydrogen (secondary N) is 1. The number of likely N-dealkylation sites (tertiary alicyclic amines) is 1. The highest BCUT2D eigenvalue weighted by Crippen LogP contribution is 2.23. The number of piperidine rings is 1. The van der Waals surface area contributed by atoms with E-state index < -0.39 is 0 Å². The van der Waals surface area contributed by atoms with E-state index in [1.54, 1.807) is 0 Å². The van der Waals surface area contributed by atoms with Crippen molar-refractivity contribution in [3.63, 3.8) is 0 Å². The first-order valence-corrected chi connectivity index (χ1v) is 8.04. The zero-order valence-electron chi connectivity index (χ0n) is 13.7. The monoisotopic (exact) mass is 284 g/mol. The standard InChI is InChI=1S/C16H32N2O2/c1-6-15(19)13-7-14(17-16(20)12(4)5)10-18(9-13)8-11(2)3/h11-15,19H,6-10H2,1-5H3,(H,17,20). The highest BCUT2D eigenvalue weighted by atomic mass is 16.3. The Morgan fingerprint density at radius 2 is 1.95 bits per heavy atom. The SMILES string of the molecule is CCC(O)C1CC(NC(=O)C(C)C)CN(CC(C)C)C1. The van der Waals surface area contributed by atoms with E-state index in [1.165, 1.54) is 0 Å². The summed E-state index contributed by atoms with van der Waals surface area (Å²) in [5, 5.41) is 13.3. The topological polar surface area (TPSA) is 52.6 Å². The van der Waals surface area contributed by atoms with Crippen molar-refractivity contribution in [3.05, 3.63) is 0 Å². The van der Waals surface area contributed by atoms with E-state index in [0.29, 0.717) is 5.92 Å². The summed E-state index contributed by atoms with van der Waals surface area (Å²) in [4.78, 5) is 14.3. The van der Waals surface area contributed by atoms with Gasteiger partial charge >= 0.3 is 0 Å². The van der Waals surface area contributed by atoms with Crippen LogP contribution in [0.5, 0.6) is 0 Å². The molecular formula is C16H32N2O2. The molecule has 4 nitrogen and oxygen atoms in total. The molecule has 0 saturated carbocycles. The highest BCUT2D eigenvalue weighted by molar-refractivity contribution is 5.78. The summed E-state index contributed by atoms with van der Waals surface area (Å²) < 4.78 is 0. The number of rotatable bonds is 6. The van der Waals surface area contributed by atoms with E-state index in [9.17, 15) is 9.90 Å². The third-order valence-electron chi connectivity index (χ3n) is 4.02. The van der Waals surface area contributed by atoms with E-state index in [2.05, 4.69) is 24.1 Å². The van der Waals surface area contributed by atoms with Crippen LogP contribution in [-0.4, -0.2) is 47.7 Å². The average molecular weight is 284 g/mol. The van der Waals surface area contributed by atoms with Gasteiger partial charge in [-0.25, -0.2) is 0 Å². The molecule has 1 saturated heterocycles. The predicted octanol–water partition coefficient (Wildman–Crippen LogP) is 1.88. The van der Waals surface area contributed by atoms with Crippen LogP contribution in [-0.2, 0) is 4.79 Å². The molecule has 1 rings (SSSR count). The van der Waals surface area contributed by atoms with Gasteiger partial charge in [-0.3, -0.25) is 4.79 Å². The summed E-state index contributed by atoms with van der Waals surface area (Å²) in [6, 6.07) is 0.170. The van der Waals surface area contributed by atoms with Crippen LogP contribution in [0.2, 0.25) is 0 Å². The molecule has 0 spiro atoms. The first-order valence-electron chi connectivity index (χ1n) is 8.04. The van der Waals surface area contributed by atoms with Crippen LogP contribution in [0.25, 0.3) is 0 Å². The van der Waals surface area contributed by atoms with Crippen molar-refractivity contribution >= 4 is 5.91 Å². The van der Waals surface area contributed by atoms with E-state index in [1.807, 2.05) is 20.8 Å². The summed E-state index contributed by atoms with van der Waals surface area (Å²) >= 11 is 0. The summed E-state index contributed by atoms with van der Waals surface area (Å²) in [5.74, 6) is 1.01. The number of carbonyl (C=O) groups is 1. The molecule has 118 valence electrons. The molecule has 0 aromatic heterocycles. The molecule has 3 unspecified atom stereocenters. The lowest BCUT2D eigenvalue weighted by molar-refractivity contribution is -0.125. The van der Waals surface area contributed by atoms with E-state index >= 15 is 0 Å². The maximum atomic E-state index is 11.9. The summed E-state index contributed by atoms with van der Waals surface area (Å²) in [7, 11) is 0. The molecule has 0 aromatic carbocycles. The van der Waals surface area contributed by atoms with Gasteiger partial charge < -0.3 is 15.3 Å². The van der Waals surface area contributed by atoms with Gasteiger partial charge in [-0.2, -0.15) is 0 Å². The van der Waals surface area contributed by atoms with Gasteiger partial charge in [0.05, 0.1) is 6.10 Å². The predicted molar refractivity (Wildman–Crippen MR) is 82.5 cm³/mol. The number of amides is 1. The molecule has 3 atom stereocenters. The Kier molecular flexibility index (Phi) is 6.96. The number of hydrogen-bond donors (Lipinski definition) is 2. The maximum absolute atomic E-state index is 11.9. The first-order chi connectivity index (χ1) is 9.33. The van der Waals surface area contributed by atoms with Crippen molar-refractivity contribution < 1.29 is 9.90 Å². The molecule has 20 heavy (non-hydrogen) atoms. The second kappa shape index (κ2) is 7.99. The van der Waals surface area contributed by atoms with Gasteiger partial charge in [-0.1, -0.05) is 34.6 Å². The minimum atomic E-state index is -0.261. The van der Waals surface area contributed by atoms with Crippen LogP contribution >= 0.6 is 0 Å². The normalized spacial score (nSPS) is 26.0. The summed E-state index contributed by atoms with van der Waals surface area (Å²) in [6.07, 6.45) is 1.41. The number of aliphatic hydroxyl groups is 1. The molecule has 1 aliphatic rings. The van der Waals surface area contributed by atoms with Gasteiger partial charge in [0, 0.05) is 31.6 Å². The zero-order valence-corrected chi connectivity index (χ0v) is 13.7. The fourth-order valence-electron chi connectivity index (χ4n) is 2.98. The third-order valence-corrected chi connectivity index (χ3v) is 4.02.